The molecule has 0 spiro atoms. The number of aromatic nitrogens is 2. The van der Waals surface area contributed by atoms with Crippen molar-refractivity contribution in [3.63, 3.8) is 0 Å². The van der Waals surface area contributed by atoms with Gasteiger partial charge in [0.15, 0.2) is 5.78 Å². The second-order valence-electron chi connectivity index (χ2n) is 5.72. The number of oxime groups is 1. The zero-order valence-electron chi connectivity index (χ0n) is 13.7. The summed E-state index contributed by atoms with van der Waals surface area (Å²) in [6.45, 7) is 2.15. The normalized spacial score (nSPS) is 13.8. The monoisotopic (exact) mass is 363 g/mol. The number of carbonyl (C=O) groups is 1. The molecule has 132 valence electrons. The first-order chi connectivity index (χ1) is 11.9. The second kappa shape index (κ2) is 6.67. The lowest BCUT2D eigenvalue weighted by Gasteiger charge is -2.14. The molecule has 1 aromatic carbocycles. The number of hydrogen-bond acceptors (Lipinski definition) is 7. The van der Waals surface area contributed by atoms with Crippen LogP contribution in [-0.2, 0) is 28.3 Å². The van der Waals surface area contributed by atoms with E-state index in [9.17, 15) is 18.3 Å². The van der Waals surface area contributed by atoms with Crippen molar-refractivity contribution in [1.82, 2.24) is 9.78 Å². The number of rotatable bonds is 5. The fraction of sp³-hybridized carbons (Fsp3) is 0.312. The summed E-state index contributed by atoms with van der Waals surface area (Å²) in [6.07, 6.45) is 1.84. The highest BCUT2D eigenvalue weighted by atomic mass is 32.2. The minimum absolute atomic E-state index is 0.0869. The fourth-order valence-corrected chi connectivity index (χ4v) is 3.45. The van der Waals surface area contributed by atoms with Crippen LogP contribution >= 0.6 is 0 Å². The van der Waals surface area contributed by atoms with Crippen molar-refractivity contribution >= 4 is 22.2 Å². The molecule has 0 bridgehead atoms. The standard InChI is InChI=1S/C16H17N3O5S/c1-9-11(15(20)12-7-17-19(2)16(12)21)4-3-10(8-25(22)23)14(9)13-5-6-24-18-13/h3-4,7,21,25H,5-6,8H2,1-2H3. The van der Waals surface area contributed by atoms with E-state index in [1.54, 1.807) is 19.1 Å². The molecule has 0 saturated heterocycles. The Morgan fingerprint density at radius 2 is 2.12 bits per heavy atom. The summed E-state index contributed by atoms with van der Waals surface area (Å²) in [4.78, 5) is 17.8. The first-order valence-corrected chi connectivity index (χ1v) is 8.95. The Morgan fingerprint density at radius 3 is 2.68 bits per heavy atom. The lowest BCUT2D eigenvalue weighted by molar-refractivity contribution is 0.103. The van der Waals surface area contributed by atoms with E-state index in [0.717, 1.165) is 0 Å². The molecule has 0 aliphatic carbocycles. The van der Waals surface area contributed by atoms with E-state index in [-0.39, 0.29) is 23.0 Å². The lowest BCUT2D eigenvalue weighted by atomic mass is 9.90. The summed E-state index contributed by atoms with van der Waals surface area (Å²) in [6, 6.07) is 3.17. The average molecular weight is 363 g/mol. The van der Waals surface area contributed by atoms with Crippen molar-refractivity contribution in [2.45, 2.75) is 19.1 Å². The van der Waals surface area contributed by atoms with Crippen LogP contribution in [0.3, 0.4) is 0 Å². The third kappa shape index (κ3) is 3.14. The van der Waals surface area contributed by atoms with Crippen LogP contribution < -0.4 is 0 Å². The molecule has 0 fully saturated rings. The third-order valence-corrected chi connectivity index (χ3v) is 4.74. The number of hydrogen-bond donors (Lipinski definition) is 2. The van der Waals surface area contributed by atoms with Gasteiger partial charge in [0.1, 0.15) is 22.9 Å². The number of thiol groups is 1. The average Bonchev–Trinajstić information content (AvgIpc) is 3.18. The molecule has 0 atom stereocenters. The topological polar surface area (TPSA) is 111 Å². The summed E-state index contributed by atoms with van der Waals surface area (Å²) in [5, 5.41) is 17.8. The van der Waals surface area contributed by atoms with Crippen LogP contribution in [0.5, 0.6) is 5.88 Å². The zero-order chi connectivity index (χ0) is 18.1. The predicted molar refractivity (Wildman–Crippen MR) is 90.6 cm³/mol. The maximum absolute atomic E-state index is 12.8. The zero-order valence-corrected chi connectivity index (χ0v) is 14.6. The molecule has 2 heterocycles. The molecule has 1 N–H and O–H groups in total. The minimum Gasteiger partial charge on any atom is -0.493 e. The Labute approximate surface area is 145 Å². The Hall–Kier alpha value is -2.68. The fourth-order valence-electron chi connectivity index (χ4n) is 2.90. The van der Waals surface area contributed by atoms with Gasteiger partial charge in [0.05, 0.1) is 17.7 Å². The van der Waals surface area contributed by atoms with Gasteiger partial charge in [-0.3, -0.25) is 4.79 Å². The van der Waals surface area contributed by atoms with Crippen molar-refractivity contribution in [3.8, 4) is 5.88 Å². The molecule has 0 amide bonds. The Kier molecular flexibility index (Phi) is 4.58. The van der Waals surface area contributed by atoms with Crippen LogP contribution in [0.15, 0.2) is 23.5 Å². The van der Waals surface area contributed by atoms with E-state index in [1.165, 1.54) is 17.9 Å². The molecule has 1 aliphatic rings. The molecule has 8 nitrogen and oxygen atoms in total. The highest BCUT2D eigenvalue weighted by Gasteiger charge is 2.24. The number of aromatic hydroxyl groups is 1. The van der Waals surface area contributed by atoms with Gasteiger partial charge in [-0.15, -0.1) is 0 Å². The molecular formula is C16H17N3O5S. The first-order valence-electron chi connectivity index (χ1n) is 7.59. The molecule has 3 rings (SSSR count). The molecule has 0 radical (unpaired) electrons. The number of nitrogens with zero attached hydrogens (tertiary/aromatic N) is 3. The van der Waals surface area contributed by atoms with Crippen LogP contribution in [0.25, 0.3) is 0 Å². The largest absolute Gasteiger partial charge is 0.493 e. The molecule has 9 heteroatoms. The molecule has 1 aromatic heterocycles. The van der Waals surface area contributed by atoms with Crippen LogP contribution in [0.4, 0.5) is 0 Å². The van der Waals surface area contributed by atoms with Gasteiger partial charge in [0, 0.05) is 24.6 Å². The van der Waals surface area contributed by atoms with Crippen molar-refractivity contribution in [2.24, 2.45) is 12.2 Å². The molecular weight excluding hydrogens is 346 g/mol. The summed E-state index contributed by atoms with van der Waals surface area (Å²) in [5.74, 6) is -0.752. The minimum atomic E-state index is -2.62. The van der Waals surface area contributed by atoms with Gasteiger partial charge >= 0.3 is 0 Å². The van der Waals surface area contributed by atoms with Crippen molar-refractivity contribution < 1.29 is 23.2 Å². The van der Waals surface area contributed by atoms with E-state index in [2.05, 4.69) is 10.3 Å². The van der Waals surface area contributed by atoms with Crippen LogP contribution in [0, 0.1) is 6.92 Å². The maximum Gasteiger partial charge on any atom is 0.220 e. The Morgan fingerprint density at radius 1 is 1.36 bits per heavy atom. The van der Waals surface area contributed by atoms with E-state index < -0.39 is 10.7 Å². The van der Waals surface area contributed by atoms with Gasteiger partial charge in [-0.2, -0.15) is 5.10 Å². The third-order valence-electron chi connectivity index (χ3n) is 4.14. The smallest absolute Gasteiger partial charge is 0.220 e. The van der Waals surface area contributed by atoms with Gasteiger partial charge in [-0.25, -0.2) is 13.1 Å². The molecule has 0 saturated carbocycles. The van der Waals surface area contributed by atoms with Gasteiger partial charge in [0.2, 0.25) is 5.88 Å². The summed E-state index contributed by atoms with van der Waals surface area (Å²) < 4.78 is 23.6. The second-order valence-corrected chi connectivity index (χ2v) is 6.70. The highest BCUT2D eigenvalue weighted by Crippen LogP contribution is 2.27. The molecule has 25 heavy (non-hydrogen) atoms. The van der Waals surface area contributed by atoms with Gasteiger partial charge in [0.25, 0.3) is 0 Å². The molecule has 2 aromatic rings. The summed E-state index contributed by atoms with van der Waals surface area (Å²) >= 11 is 0. The summed E-state index contributed by atoms with van der Waals surface area (Å²) in [5.41, 5.74) is 2.86. The SMILES string of the molecule is Cc1c(C(=O)c2cnn(C)c2O)ccc(C[SH](=O)=O)c1C1=NOCC1. The van der Waals surface area contributed by atoms with E-state index in [0.29, 0.717) is 41.0 Å². The number of aryl methyl sites for hydroxylation is 1. The Bertz CT molecular complexity index is 951. The number of benzene rings is 1. The van der Waals surface area contributed by atoms with Gasteiger partial charge < -0.3 is 9.94 Å². The number of ketones is 1. The van der Waals surface area contributed by atoms with Gasteiger partial charge in [-0.1, -0.05) is 17.3 Å². The quantitative estimate of drug-likeness (QED) is 0.603. The van der Waals surface area contributed by atoms with Crippen molar-refractivity contribution in [2.75, 3.05) is 6.61 Å². The van der Waals surface area contributed by atoms with Crippen LogP contribution in [-0.4, -0.2) is 41.4 Å². The van der Waals surface area contributed by atoms with Crippen molar-refractivity contribution in [1.29, 1.82) is 0 Å². The Balaban J connectivity index is 2.14. The van der Waals surface area contributed by atoms with E-state index in [1.807, 2.05) is 0 Å². The maximum atomic E-state index is 12.8. The predicted octanol–water partition coefficient (Wildman–Crippen LogP) is 0.901. The van der Waals surface area contributed by atoms with Crippen LogP contribution in [0.1, 0.15) is 39.0 Å². The lowest BCUT2D eigenvalue weighted by Crippen LogP contribution is -2.12. The van der Waals surface area contributed by atoms with Gasteiger partial charge in [-0.05, 0) is 18.1 Å². The molecule has 0 unspecified atom stereocenters. The first kappa shape index (κ1) is 17.2. The highest BCUT2D eigenvalue weighted by molar-refractivity contribution is 7.71. The van der Waals surface area contributed by atoms with E-state index in [4.69, 9.17) is 4.84 Å². The molecule has 1 aliphatic heterocycles. The van der Waals surface area contributed by atoms with Crippen LogP contribution in [0.2, 0.25) is 0 Å². The number of carbonyl (C=O) groups excluding carboxylic acids is 1. The van der Waals surface area contributed by atoms with Crippen molar-refractivity contribution in [3.05, 3.63) is 46.1 Å². The van der Waals surface area contributed by atoms with E-state index >= 15 is 0 Å². The summed E-state index contributed by atoms with van der Waals surface area (Å²) in [7, 11) is -1.09.